The van der Waals surface area contributed by atoms with Crippen molar-refractivity contribution >= 4 is 27.4 Å². The zero-order chi connectivity index (χ0) is 24.3. The van der Waals surface area contributed by atoms with E-state index in [0.717, 1.165) is 0 Å². The monoisotopic (exact) mass is 482 g/mol. The Morgan fingerprint density at radius 2 is 1.68 bits per heavy atom. The van der Waals surface area contributed by atoms with Gasteiger partial charge in [0, 0.05) is 37.4 Å². The zero-order valence-corrected chi connectivity index (χ0v) is 19.7. The first-order valence-corrected chi connectivity index (χ1v) is 12.1. The van der Waals surface area contributed by atoms with Crippen molar-refractivity contribution in [2.45, 2.75) is 4.90 Å². The summed E-state index contributed by atoms with van der Waals surface area (Å²) >= 11 is 0. The highest BCUT2D eigenvalue weighted by Crippen LogP contribution is 2.24. The fourth-order valence-corrected chi connectivity index (χ4v) is 4.97. The number of hydrogen-bond acceptors (Lipinski definition) is 8. The molecule has 10 nitrogen and oxygen atoms in total. The van der Waals surface area contributed by atoms with E-state index >= 15 is 0 Å². The van der Waals surface area contributed by atoms with Crippen molar-refractivity contribution in [1.29, 1.82) is 0 Å². The van der Waals surface area contributed by atoms with Gasteiger partial charge in [-0.25, -0.2) is 18.4 Å². The lowest BCUT2D eigenvalue weighted by atomic mass is 10.1. The second-order valence-corrected chi connectivity index (χ2v) is 9.84. The molecular formula is C23H26N6O4S. The summed E-state index contributed by atoms with van der Waals surface area (Å²) in [6, 6.07) is 13.2. The fraction of sp³-hybridized carbons (Fsp3) is 0.261. The van der Waals surface area contributed by atoms with Gasteiger partial charge in [0.2, 0.25) is 10.0 Å². The summed E-state index contributed by atoms with van der Waals surface area (Å²) < 4.78 is 32.5. The van der Waals surface area contributed by atoms with E-state index in [1.807, 2.05) is 7.05 Å². The summed E-state index contributed by atoms with van der Waals surface area (Å²) in [6.07, 6.45) is 1.45. The number of rotatable bonds is 6. The average molecular weight is 483 g/mol. The van der Waals surface area contributed by atoms with Crippen LogP contribution in [0.5, 0.6) is 5.75 Å². The van der Waals surface area contributed by atoms with E-state index in [1.165, 1.54) is 22.6 Å². The number of amides is 1. The molecule has 11 heteroatoms. The number of methoxy groups -OCH3 is 1. The van der Waals surface area contributed by atoms with Gasteiger partial charge in [-0.05, 0) is 43.4 Å². The SMILES string of the molecule is COc1ccc(NC(=O)c2nc(-c3ccc(S(=O)(=O)N4CCN(C)CC4)cc3)cnc2N)cc1. The number of benzene rings is 2. The first-order chi connectivity index (χ1) is 16.3. The van der Waals surface area contributed by atoms with Crippen LogP contribution in [0.1, 0.15) is 10.5 Å². The molecule has 2 aromatic carbocycles. The van der Waals surface area contributed by atoms with Crippen LogP contribution in [0.4, 0.5) is 11.5 Å². The van der Waals surface area contributed by atoms with Crippen LogP contribution >= 0.6 is 0 Å². The summed E-state index contributed by atoms with van der Waals surface area (Å²) in [5.41, 5.74) is 7.44. The second kappa shape index (κ2) is 9.75. The Morgan fingerprint density at radius 3 is 2.29 bits per heavy atom. The molecule has 0 aliphatic carbocycles. The van der Waals surface area contributed by atoms with Crippen molar-refractivity contribution in [3.63, 3.8) is 0 Å². The van der Waals surface area contributed by atoms with Crippen LogP contribution < -0.4 is 15.8 Å². The van der Waals surface area contributed by atoms with Crippen LogP contribution in [-0.4, -0.2) is 73.8 Å². The standard InChI is InChI=1S/C23H26N6O4S/c1-28-11-13-29(14-12-28)34(31,32)19-9-3-16(4-10-19)20-15-25-22(24)21(27-20)23(30)26-17-5-7-18(33-2)8-6-17/h3-10,15H,11-14H2,1-2H3,(H2,24,25)(H,26,30). The highest BCUT2D eigenvalue weighted by atomic mass is 32.2. The molecule has 0 bridgehead atoms. The van der Waals surface area contributed by atoms with Gasteiger partial charge in [0.05, 0.1) is 23.9 Å². The number of ether oxygens (including phenoxy) is 1. The Labute approximate surface area is 198 Å². The van der Waals surface area contributed by atoms with Gasteiger partial charge >= 0.3 is 0 Å². The number of carbonyl (C=O) groups excluding carboxylic acids is 1. The minimum absolute atomic E-state index is 0.0102. The predicted octanol–water partition coefficient (Wildman–Crippen LogP) is 1.92. The number of anilines is 2. The smallest absolute Gasteiger partial charge is 0.278 e. The van der Waals surface area contributed by atoms with Gasteiger partial charge in [-0.15, -0.1) is 0 Å². The zero-order valence-electron chi connectivity index (χ0n) is 18.9. The lowest BCUT2D eigenvalue weighted by molar-refractivity contribution is 0.102. The number of nitrogens with two attached hydrogens (primary N) is 1. The summed E-state index contributed by atoms with van der Waals surface area (Å²) in [7, 11) is -0.0454. The maximum absolute atomic E-state index is 12.9. The van der Waals surface area contributed by atoms with Gasteiger partial charge in [-0.2, -0.15) is 4.31 Å². The van der Waals surface area contributed by atoms with Crippen LogP contribution in [0.25, 0.3) is 11.3 Å². The molecule has 1 aliphatic rings. The normalized spacial score (nSPS) is 15.1. The van der Waals surface area contributed by atoms with Gasteiger partial charge < -0.3 is 20.7 Å². The molecule has 4 rings (SSSR count). The molecule has 178 valence electrons. The fourth-order valence-electron chi connectivity index (χ4n) is 3.54. The lowest BCUT2D eigenvalue weighted by Gasteiger charge is -2.31. The van der Waals surface area contributed by atoms with Crippen molar-refractivity contribution in [2.24, 2.45) is 0 Å². The molecule has 0 atom stereocenters. The Balaban J connectivity index is 1.53. The van der Waals surface area contributed by atoms with Crippen molar-refractivity contribution in [3.8, 4) is 17.0 Å². The molecule has 1 aliphatic heterocycles. The maximum atomic E-state index is 12.9. The van der Waals surface area contributed by atoms with E-state index in [2.05, 4.69) is 20.2 Å². The van der Waals surface area contributed by atoms with Gasteiger partial charge in [0.1, 0.15) is 5.75 Å². The Hall–Kier alpha value is -3.54. The molecule has 2 heterocycles. The van der Waals surface area contributed by atoms with E-state index in [4.69, 9.17) is 10.5 Å². The minimum atomic E-state index is -3.57. The van der Waals surface area contributed by atoms with E-state index in [0.29, 0.717) is 48.9 Å². The highest BCUT2D eigenvalue weighted by molar-refractivity contribution is 7.89. The third kappa shape index (κ3) is 5.01. The van der Waals surface area contributed by atoms with Crippen molar-refractivity contribution in [2.75, 3.05) is 51.4 Å². The van der Waals surface area contributed by atoms with Crippen LogP contribution in [0.3, 0.4) is 0 Å². The van der Waals surface area contributed by atoms with E-state index < -0.39 is 15.9 Å². The van der Waals surface area contributed by atoms with Crippen LogP contribution in [-0.2, 0) is 10.0 Å². The van der Waals surface area contributed by atoms with Crippen molar-refractivity contribution in [3.05, 3.63) is 60.4 Å². The number of hydrogen-bond donors (Lipinski definition) is 2. The molecule has 0 unspecified atom stereocenters. The molecule has 34 heavy (non-hydrogen) atoms. The number of piperazine rings is 1. The molecule has 3 N–H and O–H groups in total. The molecule has 0 saturated carbocycles. The van der Waals surface area contributed by atoms with E-state index in [9.17, 15) is 13.2 Å². The number of likely N-dealkylation sites (N-methyl/N-ethyl adjacent to an activating group) is 1. The number of nitrogens with one attached hydrogen (secondary N) is 1. The largest absolute Gasteiger partial charge is 0.497 e. The molecule has 3 aromatic rings. The first kappa shape index (κ1) is 23.6. The molecule has 1 aromatic heterocycles. The summed E-state index contributed by atoms with van der Waals surface area (Å²) in [5, 5.41) is 2.73. The van der Waals surface area contributed by atoms with Crippen molar-refractivity contribution in [1.82, 2.24) is 19.2 Å². The topological polar surface area (TPSA) is 131 Å². The number of sulfonamides is 1. The minimum Gasteiger partial charge on any atom is -0.497 e. The van der Waals surface area contributed by atoms with Crippen LogP contribution in [0, 0.1) is 0 Å². The number of nitrogen functional groups attached to an aromatic ring is 1. The summed E-state index contributed by atoms with van der Waals surface area (Å²) in [5.74, 6) is 0.146. The van der Waals surface area contributed by atoms with Gasteiger partial charge in [-0.3, -0.25) is 4.79 Å². The second-order valence-electron chi connectivity index (χ2n) is 7.90. The van der Waals surface area contributed by atoms with E-state index in [-0.39, 0.29) is 16.4 Å². The highest BCUT2D eigenvalue weighted by Gasteiger charge is 2.27. The molecular weight excluding hydrogens is 456 g/mol. The van der Waals surface area contributed by atoms with Crippen LogP contribution in [0.15, 0.2) is 59.6 Å². The molecule has 0 spiro atoms. The van der Waals surface area contributed by atoms with Crippen LogP contribution in [0.2, 0.25) is 0 Å². The summed E-state index contributed by atoms with van der Waals surface area (Å²) in [6.45, 7) is 2.30. The Morgan fingerprint density at radius 1 is 1.03 bits per heavy atom. The first-order valence-electron chi connectivity index (χ1n) is 10.6. The maximum Gasteiger partial charge on any atom is 0.278 e. The predicted molar refractivity (Wildman–Crippen MR) is 129 cm³/mol. The average Bonchev–Trinajstić information content (AvgIpc) is 2.85. The molecule has 1 saturated heterocycles. The van der Waals surface area contributed by atoms with Gasteiger partial charge in [-0.1, -0.05) is 12.1 Å². The third-order valence-electron chi connectivity index (χ3n) is 5.61. The molecule has 1 fully saturated rings. The lowest BCUT2D eigenvalue weighted by Crippen LogP contribution is -2.46. The number of aromatic nitrogens is 2. The number of carbonyl (C=O) groups is 1. The molecule has 0 radical (unpaired) electrons. The Bertz CT molecular complexity index is 1270. The number of nitrogens with zero attached hydrogens (tertiary/aromatic N) is 4. The van der Waals surface area contributed by atoms with E-state index in [1.54, 1.807) is 43.5 Å². The third-order valence-corrected chi connectivity index (χ3v) is 7.53. The molecule has 1 amide bonds. The van der Waals surface area contributed by atoms with Crippen molar-refractivity contribution < 1.29 is 17.9 Å². The van der Waals surface area contributed by atoms with Gasteiger partial charge in [0.25, 0.3) is 5.91 Å². The quantitative estimate of drug-likeness (QED) is 0.545. The van der Waals surface area contributed by atoms with Gasteiger partial charge in [0.15, 0.2) is 11.5 Å². The summed E-state index contributed by atoms with van der Waals surface area (Å²) in [4.78, 5) is 23.5. The Kier molecular flexibility index (Phi) is 6.77.